The first-order valence-electron chi connectivity index (χ1n) is 2.63. The standard InChI is InChI=1S/C5H8O3.Na/c6-5(7)4-2-1-3-8-4;/h4H,1-3H2,(H,6,7);/q;+1/p-1. The molecule has 0 amide bonds. The molecule has 0 radical (unpaired) electrons. The molecular weight excluding hydrogens is 131 g/mol. The third-order valence-corrected chi connectivity index (χ3v) is 1.19. The Labute approximate surface area is 75.7 Å². The summed E-state index contributed by atoms with van der Waals surface area (Å²) in [7, 11) is 0. The number of carbonyl (C=O) groups excluding carboxylic acids is 1. The predicted molar refractivity (Wildman–Crippen MR) is 24.0 cm³/mol. The fraction of sp³-hybridized carbons (Fsp3) is 0.800. The second-order valence-corrected chi connectivity index (χ2v) is 1.82. The molecule has 1 saturated heterocycles. The van der Waals surface area contributed by atoms with Gasteiger partial charge in [-0.15, -0.1) is 0 Å². The fourth-order valence-electron chi connectivity index (χ4n) is 0.764. The van der Waals surface area contributed by atoms with Gasteiger partial charge in [0.15, 0.2) is 0 Å². The van der Waals surface area contributed by atoms with E-state index in [-0.39, 0.29) is 29.6 Å². The molecule has 1 atom stereocenters. The van der Waals surface area contributed by atoms with Gasteiger partial charge >= 0.3 is 29.6 Å². The van der Waals surface area contributed by atoms with E-state index in [9.17, 15) is 9.90 Å². The molecule has 0 aromatic rings. The van der Waals surface area contributed by atoms with E-state index < -0.39 is 12.1 Å². The van der Waals surface area contributed by atoms with Crippen LogP contribution >= 0.6 is 0 Å². The van der Waals surface area contributed by atoms with Gasteiger partial charge in [0.25, 0.3) is 0 Å². The number of carboxylic acid groups (broad SMARTS) is 1. The zero-order valence-corrected chi connectivity index (χ0v) is 7.42. The average Bonchev–Trinajstić information content (AvgIpc) is 2.12. The summed E-state index contributed by atoms with van der Waals surface area (Å²) >= 11 is 0. The van der Waals surface area contributed by atoms with Crippen molar-refractivity contribution in [1.82, 2.24) is 0 Å². The molecule has 1 rings (SSSR count). The Bertz CT molecular complexity index is 98.4. The molecule has 0 saturated carbocycles. The Hall–Kier alpha value is 0.430. The number of carboxylic acids is 1. The van der Waals surface area contributed by atoms with Crippen LogP contribution in [0.25, 0.3) is 0 Å². The van der Waals surface area contributed by atoms with Crippen molar-refractivity contribution >= 4 is 5.97 Å². The first-order valence-corrected chi connectivity index (χ1v) is 2.63. The molecule has 0 aromatic carbocycles. The maximum absolute atomic E-state index is 9.97. The van der Waals surface area contributed by atoms with Gasteiger partial charge in [0.2, 0.25) is 0 Å². The van der Waals surface area contributed by atoms with E-state index in [0.29, 0.717) is 13.0 Å². The molecule has 3 nitrogen and oxygen atoms in total. The molecular formula is C5H7NaO3. The zero-order chi connectivity index (χ0) is 5.98. The maximum Gasteiger partial charge on any atom is 1.00 e. The first-order chi connectivity index (χ1) is 3.80. The van der Waals surface area contributed by atoms with Crippen molar-refractivity contribution in [3.8, 4) is 0 Å². The van der Waals surface area contributed by atoms with Gasteiger partial charge in [-0.25, -0.2) is 0 Å². The van der Waals surface area contributed by atoms with Gasteiger partial charge in [0, 0.05) is 6.61 Å². The summed E-state index contributed by atoms with van der Waals surface area (Å²) in [5, 5.41) is 9.97. The van der Waals surface area contributed by atoms with Gasteiger partial charge in [0.1, 0.15) is 0 Å². The van der Waals surface area contributed by atoms with Crippen LogP contribution in [0, 0.1) is 0 Å². The van der Waals surface area contributed by atoms with Gasteiger partial charge in [-0.2, -0.15) is 0 Å². The van der Waals surface area contributed by atoms with Crippen LogP contribution in [0.3, 0.4) is 0 Å². The van der Waals surface area contributed by atoms with E-state index in [1.165, 1.54) is 0 Å². The third kappa shape index (κ3) is 2.67. The largest absolute Gasteiger partial charge is 1.00 e. The molecule has 46 valence electrons. The van der Waals surface area contributed by atoms with Crippen molar-refractivity contribution in [2.75, 3.05) is 6.61 Å². The second kappa shape index (κ2) is 4.28. The van der Waals surface area contributed by atoms with Crippen molar-refractivity contribution in [2.45, 2.75) is 18.9 Å². The van der Waals surface area contributed by atoms with Crippen LogP contribution in [0.2, 0.25) is 0 Å². The zero-order valence-electron chi connectivity index (χ0n) is 5.42. The normalized spacial score (nSPS) is 25.1. The summed E-state index contributed by atoms with van der Waals surface area (Å²) in [5.74, 6) is -1.08. The summed E-state index contributed by atoms with van der Waals surface area (Å²) in [5.41, 5.74) is 0. The molecule has 0 aliphatic carbocycles. The molecule has 1 fully saturated rings. The van der Waals surface area contributed by atoms with Crippen LogP contribution < -0.4 is 34.7 Å². The van der Waals surface area contributed by atoms with Crippen molar-refractivity contribution < 1.29 is 44.2 Å². The van der Waals surface area contributed by atoms with Gasteiger partial charge < -0.3 is 14.6 Å². The number of ether oxygens (including phenoxy) is 1. The predicted octanol–water partition coefficient (Wildman–Crippen LogP) is -4.08. The average molecular weight is 138 g/mol. The molecule has 0 spiro atoms. The Morgan fingerprint density at radius 1 is 1.67 bits per heavy atom. The summed E-state index contributed by atoms with van der Waals surface area (Å²) in [6.45, 7) is 0.568. The number of hydrogen-bond acceptors (Lipinski definition) is 3. The van der Waals surface area contributed by atoms with Gasteiger partial charge in [-0.05, 0) is 12.8 Å². The molecule has 9 heavy (non-hydrogen) atoms. The number of rotatable bonds is 1. The summed E-state index contributed by atoms with van der Waals surface area (Å²) in [6.07, 6.45) is 0.830. The monoisotopic (exact) mass is 138 g/mol. The minimum absolute atomic E-state index is 0. The number of carbonyl (C=O) groups is 1. The molecule has 1 unspecified atom stereocenters. The van der Waals surface area contributed by atoms with Crippen LogP contribution in [0.4, 0.5) is 0 Å². The maximum atomic E-state index is 9.97. The van der Waals surface area contributed by atoms with Crippen molar-refractivity contribution in [3.63, 3.8) is 0 Å². The van der Waals surface area contributed by atoms with Crippen LogP contribution in [-0.4, -0.2) is 18.7 Å². The van der Waals surface area contributed by atoms with Crippen molar-refractivity contribution in [2.24, 2.45) is 0 Å². The fourth-order valence-corrected chi connectivity index (χ4v) is 0.764. The van der Waals surface area contributed by atoms with Crippen molar-refractivity contribution in [1.29, 1.82) is 0 Å². The summed E-state index contributed by atoms with van der Waals surface area (Å²) < 4.78 is 4.75. The molecule has 0 N–H and O–H groups in total. The first kappa shape index (κ1) is 9.43. The van der Waals surface area contributed by atoms with Crippen LogP contribution in [0.15, 0.2) is 0 Å². The SMILES string of the molecule is O=C([O-])C1CCCO1.[Na+]. The number of hydrogen-bond donors (Lipinski definition) is 0. The van der Waals surface area contributed by atoms with Gasteiger partial charge in [-0.3, -0.25) is 0 Å². The third-order valence-electron chi connectivity index (χ3n) is 1.19. The number of aliphatic carboxylic acids is 1. The Morgan fingerprint density at radius 2 is 2.33 bits per heavy atom. The summed E-state index contributed by atoms with van der Waals surface area (Å²) in [4.78, 5) is 9.97. The molecule has 0 aromatic heterocycles. The smallest absolute Gasteiger partial charge is 0.547 e. The van der Waals surface area contributed by atoms with Crippen LogP contribution in [0.1, 0.15) is 12.8 Å². The summed E-state index contributed by atoms with van der Waals surface area (Å²) in [6, 6.07) is 0. The van der Waals surface area contributed by atoms with E-state index in [4.69, 9.17) is 4.74 Å². The topological polar surface area (TPSA) is 49.4 Å². The molecule has 4 heteroatoms. The minimum Gasteiger partial charge on any atom is -0.547 e. The van der Waals surface area contributed by atoms with E-state index in [2.05, 4.69) is 0 Å². The Balaban J connectivity index is 0.000000640. The van der Waals surface area contributed by atoms with Crippen molar-refractivity contribution in [3.05, 3.63) is 0 Å². The van der Waals surface area contributed by atoms with Crippen LogP contribution in [-0.2, 0) is 9.53 Å². The quantitative estimate of drug-likeness (QED) is 0.346. The van der Waals surface area contributed by atoms with Crippen LogP contribution in [0.5, 0.6) is 0 Å². The van der Waals surface area contributed by atoms with Gasteiger partial charge in [-0.1, -0.05) is 0 Å². The second-order valence-electron chi connectivity index (χ2n) is 1.82. The van der Waals surface area contributed by atoms with E-state index >= 15 is 0 Å². The Kier molecular flexibility index (Phi) is 4.48. The van der Waals surface area contributed by atoms with E-state index in [1.807, 2.05) is 0 Å². The molecule has 0 bridgehead atoms. The van der Waals surface area contributed by atoms with Gasteiger partial charge in [0.05, 0.1) is 12.1 Å². The van der Waals surface area contributed by atoms with E-state index in [1.54, 1.807) is 0 Å². The molecule has 1 heterocycles. The Morgan fingerprint density at radius 3 is 2.56 bits per heavy atom. The van der Waals surface area contributed by atoms with E-state index in [0.717, 1.165) is 6.42 Å². The molecule has 1 aliphatic heterocycles. The minimum atomic E-state index is -1.08. The molecule has 1 aliphatic rings.